The van der Waals surface area contributed by atoms with Crippen molar-refractivity contribution in [2.24, 2.45) is 0 Å². The molecule has 0 unspecified atom stereocenters. The van der Waals surface area contributed by atoms with Crippen LogP contribution in [0.4, 0.5) is 0 Å². The van der Waals surface area contributed by atoms with Crippen LogP contribution in [0.2, 0.25) is 5.02 Å². The highest BCUT2D eigenvalue weighted by molar-refractivity contribution is 6.30. The Balaban J connectivity index is 1.85. The maximum absolute atomic E-state index is 13.1. The molecule has 3 rings (SSSR count). The van der Waals surface area contributed by atoms with Gasteiger partial charge in [-0.1, -0.05) is 41.9 Å². The summed E-state index contributed by atoms with van der Waals surface area (Å²) in [6.45, 7) is 3.13. The molecule has 6 heteroatoms. The van der Waals surface area contributed by atoms with Gasteiger partial charge in [-0.2, -0.15) is 0 Å². The van der Waals surface area contributed by atoms with E-state index in [0.717, 1.165) is 18.7 Å². The summed E-state index contributed by atoms with van der Waals surface area (Å²) in [6.07, 6.45) is 1.70. The van der Waals surface area contributed by atoms with Crippen LogP contribution >= 0.6 is 11.6 Å². The number of quaternary nitrogens is 1. The van der Waals surface area contributed by atoms with Gasteiger partial charge in [0.2, 0.25) is 0 Å². The van der Waals surface area contributed by atoms with Crippen LogP contribution in [0.5, 0.6) is 0 Å². The Labute approximate surface area is 164 Å². The molecule has 0 bridgehead atoms. The smallest absolute Gasteiger partial charge is 0.270 e. The minimum Gasteiger partial charge on any atom is -0.334 e. The third-order valence-corrected chi connectivity index (χ3v) is 4.85. The number of hydrogen-bond donors (Lipinski definition) is 2. The second-order valence-corrected chi connectivity index (χ2v) is 7.12. The summed E-state index contributed by atoms with van der Waals surface area (Å²) in [6, 6.07) is 16.0. The Bertz CT molecular complexity index is 826. The quantitative estimate of drug-likeness (QED) is 0.784. The Hall–Kier alpha value is -2.63. The molecule has 2 amide bonds. The molecule has 0 atom stereocenters. The van der Waals surface area contributed by atoms with Gasteiger partial charge in [-0.25, -0.2) is 0 Å². The van der Waals surface area contributed by atoms with Crippen LogP contribution in [0.1, 0.15) is 15.9 Å². The summed E-state index contributed by atoms with van der Waals surface area (Å²) in [7, 11) is 2.11. The summed E-state index contributed by atoms with van der Waals surface area (Å²) in [5, 5.41) is 3.42. The maximum Gasteiger partial charge on any atom is 0.270 e. The van der Waals surface area contributed by atoms with Crippen molar-refractivity contribution in [1.29, 1.82) is 0 Å². The van der Waals surface area contributed by atoms with Gasteiger partial charge in [-0.05, 0) is 35.9 Å². The van der Waals surface area contributed by atoms with Gasteiger partial charge in [0.1, 0.15) is 5.70 Å². The number of nitrogens with zero attached hydrogens (tertiary/aromatic N) is 1. The van der Waals surface area contributed by atoms with E-state index in [1.165, 1.54) is 4.90 Å². The molecule has 2 aromatic carbocycles. The number of likely N-dealkylation sites (N-methyl/N-ethyl adjacent to an activating group) is 1. The van der Waals surface area contributed by atoms with Gasteiger partial charge < -0.3 is 15.1 Å². The van der Waals surface area contributed by atoms with Gasteiger partial charge in [-0.3, -0.25) is 9.59 Å². The molecule has 0 radical (unpaired) electrons. The monoisotopic (exact) mass is 384 g/mol. The molecular weight excluding hydrogens is 362 g/mol. The Kier molecular flexibility index (Phi) is 6.27. The molecule has 1 aliphatic rings. The van der Waals surface area contributed by atoms with Crippen molar-refractivity contribution in [3.8, 4) is 0 Å². The number of halogens is 1. The van der Waals surface area contributed by atoms with Crippen molar-refractivity contribution in [2.75, 3.05) is 33.2 Å². The Morgan fingerprint density at radius 1 is 1.04 bits per heavy atom. The first-order valence-corrected chi connectivity index (χ1v) is 9.35. The molecule has 27 heavy (non-hydrogen) atoms. The second-order valence-electron chi connectivity index (χ2n) is 6.68. The highest BCUT2D eigenvalue weighted by Gasteiger charge is 2.25. The van der Waals surface area contributed by atoms with Crippen molar-refractivity contribution >= 4 is 29.5 Å². The van der Waals surface area contributed by atoms with Crippen LogP contribution < -0.4 is 10.2 Å². The zero-order valence-corrected chi connectivity index (χ0v) is 16.0. The Morgan fingerprint density at radius 2 is 1.67 bits per heavy atom. The SMILES string of the molecule is C[NH+]1CCN(C(=O)/C(=C\c2ccc(Cl)cc2)NC(=O)c2ccccc2)CC1. The number of piperazine rings is 1. The number of carbonyl (C=O) groups excluding carboxylic acids is 2. The maximum atomic E-state index is 13.1. The fraction of sp³-hybridized carbons (Fsp3) is 0.238. The topological polar surface area (TPSA) is 53.9 Å². The molecule has 140 valence electrons. The zero-order valence-electron chi connectivity index (χ0n) is 15.2. The van der Waals surface area contributed by atoms with E-state index in [2.05, 4.69) is 12.4 Å². The molecule has 1 heterocycles. The molecule has 0 saturated carbocycles. The van der Waals surface area contributed by atoms with E-state index >= 15 is 0 Å². The van der Waals surface area contributed by atoms with Gasteiger partial charge in [0, 0.05) is 10.6 Å². The van der Waals surface area contributed by atoms with Crippen molar-refractivity contribution in [3.05, 3.63) is 76.4 Å². The molecule has 2 aromatic rings. The summed E-state index contributed by atoms with van der Waals surface area (Å²) < 4.78 is 0. The van der Waals surface area contributed by atoms with Crippen LogP contribution in [0.25, 0.3) is 6.08 Å². The summed E-state index contributed by atoms with van der Waals surface area (Å²) >= 11 is 5.94. The van der Waals surface area contributed by atoms with Gasteiger partial charge >= 0.3 is 0 Å². The largest absolute Gasteiger partial charge is 0.334 e. The molecule has 2 N–H and O–H groups in total. The van der Waals surface area contributed by atoms with Crippen molar-refractivity contribution in [1.82, 2.24) is 10.2 Å². The lowest BCUT2D eigenvalue weighted by Gasteiger charge is -2.30. The third kappa shape index (κ3) is 5.18. The molecule has 0 spiro atoms. The molecule has 5 nitrogen and oxygen atoms in total. The number of rotatable bonds is 4. The lowest BCUT2D eigenvalue weighted by Crippen LogP contribution is -3.12. The molecule has 1 fully saturated rings. The summed E-state index contributed by atoms with van der Waals surface area (Å²) in [5.74, 6) is -0.467. The van der Waals surface area contributed by atoms with E-state index < -0.39 is 0 Å². The first-order chi connectivity index (χ1) is 13.0. The number of amides is 2. The van der Waals surface area contributed by atoms with Gasteiger partial charge in [-0.15, -0.1) is 0 Å². The van der Waals surface area contributed by atoms with Crippen LogP contribution in [-0.4, -0.2) is 49.9 Å². The highest BCUT2D eigenvalue weighted by Crippen LogP contribution is 2.14. The van der Waals surface area contributed by atoms with Crippen molar-refractivity contribution in [2.45, 2.75) is 0 Å². The van der Waals surface area contributed by atoms with Crippen LogP contribution in [0.3, 0.4) is 0 Å². The lowest BCUT2D eigenvalue weighted by atomic mass is 10.1. The van der Waals surface area contributed by atoms with Gasteiger partial charge in [0.25, 0.3) is 11.8 Å². The standard InChI is InChI=1S/C21H22ClN3O2/c1-24-11-13-25(14-12-24)21(27)19(15-16-7-9-18(22)10-8-16)23-20(26)17-5-3-2-4-6-17/h2-10,15H,11-14H2,1H3,(H,23,26)/p+1/b19-15+. The molecule has 1 saturated heterocycles. The van der Waals surface area contributed by atoms with Crippen molar-refractivity contribution < 1.29 is 14.5 Å². The fourth-order valence-corrected chi connectivity index (χ4v) is 3.05. The van der Waals surface area contributed by atoms with Crippen LogP contribution in [0.15, 0.2) is 60.3 Å². The number of carbonyl (C=O) groups is 2. The van der Waals surface area contributed by atoms with E-state index in [1.807, 2.05) is 18.2 Å². The average Bonchev–Trinajstić information content (AvgIpc) is 2.70. The molecular formula is C21H23ClN3O2+. The first kappa shape index (κ1) is 19.1. The minimum absolute atomic E-state index is 0.165. The summed E-state index contributed by atoms with van der Waals surface area (Å²) in [4.78, 5) is 28.8. The van der Waals surface area contributed by atoms with E-state index in [-0.39, 0.29) is 17.5 Å². The normalized spacial score (nSPS) is 15.5. The number of benzene rings is 2. The van der Waals surface area contributed by atoms with Gasteiger partial charge in [0.15, 0.2) is 0 Å². The van der Waals surface area contributed by atoms with E-state index in [9.17, 15) is 9.59 Å². The summed E-state index contributed by atoms with van der Waals surface area (Å²) in [5.41, 5.74) is 1.58. The van der Waals surface area contributed by atoms with E-state index in [1.54, 1.807) is 47.4 Å². The number of hydrogen-bond acceptors (Lipinski definition) is 2. The van der Waals surface area contributed by atoms with Crippen molar-refractivity contribution in [3.63, 3.8) is 0 Å². The van der Waals surface area contributed by atoms with E-state index in [4.69, 9.17) is 11.6 Å². The van der Waals surface area contributed by atoms with Crippen LogP contribution in [0, 0.1) is 0 Å². The minimum atomic E-state index is -0.302. The second kappa shape index (κ2) is 8.84. The number of nitrogens with one attached hydrogen (secondary N) is 2. The molecule has 0 aromatic heterocycles. The average molecular weight is 385 g/mol. The Morgan fingerprint density at radius 3 is 2.30 bits per heavy atom. The van der Waals surface area contributed by atoms with Gasteiger partial charge in [0.05, 0.1) is 33.2 Å². The zero-order chi connectivity index (χ0) is 19.2. The predicted molar refractivity (Wildman–Crippen MR) is 107 cm³/mol. The lowest BCUT2D eigenvalue weighted by molar-refractivity contribution is -0.883. The molecule has 1 aliphatic heterocycles. The highest BCUT2D eigenvalue weighted by atomic mass is 35.5. The van der Waals surface area contributed by atoms with E-state index in [0.29, 0.717) is 23.7 Å². The third-order valence-electron chi connectivity index (χ3n) is 4.60. The molecule has 0 aliphatic carbocycles. The predicted octanol–water partition coefficient (Wildman–Crippen LogP) is 1.47. The fourth-order valence-electron chi connectivity index (χ4n) is 2.92. The first-order valence-electron chi connectivity index (χ1n) is 8.97. The van der Waals surface area contributed by atoms with Crippen LogP contribution in [-0.2, 0) is 4.79 Å².